The summed E-state index contributed by atoms with van der Waals surface area (Å²) in [6, 6.07) is 5.73. The highest BCUT2D eigenvalue weighted by Gasteiger charge is 2.14. The third-order valence-corrected chi connectivity index (χ3v) is 5.13. The van der Waals surface area contributed by atoms with Gasteiger partial charge in [-0.15, -0.1) is 24.0 Å². The van der Waals surface area contributed by atoms with Crippen molar-refractivity contribution >= 4 is 53.1 Å². The van der Waals surface area contributed by atoms with Gasteiger partial charge in [0.25, 0.3) is 0 Å². The number of halogens is 2. The van der Waals surface area contributed by atoms with Crippen molar-refractivity contribution in [1.82, 2.24) is 20.4 Å². The number of amides is 1. The first kappa shape index (κ1) is 26.2. The zero-order valence-corrected chi connectivity index (χ0v) is 21.6. The maximum Gasteiger partial charge on any atom is 0.226 e. The number of rotatable bonds is 7. The van der Waals surface area contributed by atoms with Crippen molar-refractivity contribution in [1.29, 1.82) is 0 Å². The van der Waals surface area contributed by atoms with Crippen LogP contribution in [0.2, 0.25) is 5.02 Å². The molecule has 0 radical (unpaired) electrons. The second kappa shape index (κ2) is 12.1. The summed E-state index contributed by atoms with van der Waals surface area (Å²) < 4.78 is 1.91. The number of guanidine groups is 1. The largest absolute Gasteiger partial charge is 0.356 e. The summed E-state index contributed by atoms with van der Waals surface area (Å²) in [6.45, 7) is 8.63. The predicted molar refractivity (Wildman–Crippen MR) is 135 cm³/mol. The molecule has 166 valence electrons. The molecule has 0 aliphatic rings. The molecular weight excluding hydrogens is 515 g/mol. The average molecular weight is 547 g/mol. The minimum atomic E-state index is -0.103. The van der Waals surface area contributed by atoms with E-state index in [1.165, 1.54) is 11.3 Å². The number of hydrogen-bond acceptors (Lipinski definition) is 3. The Morgan fingerprint density at radius 1 is 1.30 bits per heavy atom. The first-order chi connectivity index (χ1) is 13.7. The first-order valence-electron chi connectivity index (χ1n) is 9.73. The lowest BCUT2D eigenvalue weighted by molar-refractivity contribution is -0.116. The van der Waals surface area contributed by atoms with Gasteiger partial charge in [-0.1, -0.05) is 17.7 Å². The zero-order valence-electron chi connectivity index (χ0n) is 18.5. The van der Waals surface area contributed by atoms with Crippen LogP contribution in [0.25, 0.3) is 0 Å². The Kier molecular flexibility index (Phi) is 10.6. The van der Waals surface area contributed by atoms with Crippen molar-refractivity contribution < 1.29 is 4.79 Å². The molecule has 1 aromatic carbocycles. The van der Waals surface area contributed by atoms with Gasteiger partial charge in [0.15, 0.2) is 5.96 Å². The number of aromatic nitrogens is 2. The lowest BCUT2D eigenvalue weighted by Crippen LogP contribution is -2.44. The standard InChI is InChI=1S/C21H31ClN6O.HI/c1-13-7-8-19(18(22)11-13)26-20(29)9-10-24-21(23-5)25-14(2)12-17-15(3)27-28(6)16(17)4;/h7-8,11,14H,9-10,12H2,1-6H3,(H,26,29)(H2,23,24,25);1H. The van der Waals surface area contributed by atoms with E-state index in [0.29, 0.717) is 29.6 Å². The van der Waals surface area contributed by atoms with Gasteiger partial charge in [0.2, 0.25) is 5.91 Å². The molecule has 0 fully saturated rings. The van der Waals surface area contributed by atoms with Gasteiger partial charge in [0, 0.05) is 38.8 Å². The molecule has 0 aliphatic heterocycles. The van der Waals surface area contributed by atoms with E-state index in [4.69, 9.17) is 11.6 Å². The molecule has 0 spiro atoms. The van der Waals surface area contributed by atoms with Crippen molar-refractivity contribution in [2.24, 2.45) is 12.0 Å². The number of anilines is 1. The third-order valence-electron chi connectivity index (χ3n) is 4.82. The van der Waals surface area contributed by atoms with Gasteiger partial charge in [-0.05, 0) is 57.4 Å². The van der Waals surface area contributed by atoms with E-state index in [2.05, 4.69) is 39.9 Å². The number of aryl methyl sites for hydroxylation is 3. The van der Waals surface area contributed by atoms with Gasteiger partial charge >= 0.3 is 0 Å². The summed E-state index contributed by atoms with van der Waals surface area (Å²) in [4.78, 5) is 16.4. The molecule has 1 aromatic heterocycles. The second-order valence-corrected chi connectivity index (χ2v) is 7.71. The maximum absolute atomic E-state index is 12.2. The van der Waals surface area contributed by atoms with Gasteiger partial charge in [-0.2, -0.15) is 5.10 Å². The Balaban J connectivity index is 0.00000450. The summed E-state index contributed by atoms with van der Waals surface area (Å²) in [5.41, 5.74) is 5.15. The van der Waals surface area contributed by atoms with Gasteiger partial charge in [-0.3, -0.25) is 14.5 Å². The van der Waals surface area contributed by atoms with Crippen LogP contribution < -0.4 is 16.0 Å². The molecule has 1 heterocycles. The fourth-order valence-electron chi connectivity index (χ4n) is 3.13. The number of benzene rings is 1. The van der Waals surface area contributed by atoms with Crippen LogP contribution in [0.4, 0.5) is 5.69 Å². The van der Waals surface area contributed by atoms with Crippen molar-refractivity contribution in [2.45, 2.75) is 46.6 Å². The predicted octanol–water partition coefficient (Wildman–Crippen LogP) is 3.74. The minimum Gasteiger partial charge on any atom is -0.356 e. The molecule has 1 unspecified atom stereocenters. The van der Waals surface area contributed by atoms with Crippen LogP contribution in [0.3, 0.4) is 0 Å². The van der Waals surface area contributed by atoms with Crippen LogP contribution in [-0.2, 0) is 18.3 Å². The molecule has 3 N–H and O–H groups in total. The average Bonchev–Trinajstić information content (AvgIpc) is 2.89. The molecule has 9 heteroatoms. The van der Waals surface area contributed by atoms with E-state index in [0.717, 1.165) is 17.7 Å². The van der Waals surface area contributed by atoms with E-state index in [9.17, 15) is 4.79 Å². The minimum absolute atomic E-state index is 0. The van der Waals surface area contributed by atoms with Crippen molar-refractivity contribution in [2.75, 3.05) is 18.9 Å². The fraction of sp³-hybridized carbons (Fsp3) is 0.476. The summed E-state index contributed by atoms with van der Waals surface area (Å²) in [7, 11) is 3.67. The van der Waals surface area contributed by atoms with Crippen LogP contribution in [-0.4, -0.2) is 41.3 Å². The van der Waals surface area contributed by atoms with Crippen molar-refractivity contribution in [3.05, 3.63) is 45.7 Å². The Morgan fingerprint density at radius 2 is 2.00 bits per heavy atom. The van der Waals surface area contributed by atoms with E-state index >= 15 is 0 Å². The van der Waals surface area contributed by atoms with Gasteiger partial charge in [0.05, 0.1) is 16.4 Å². The number of aliphatic imine (C=N–C) groups is 1. The SMILES string of the molecule is CN=C(NCCC(=O)Nc1ccc(C)cc1Cl)NC(C)Cc1c(C)nn(C)c1C.I. The molecule has 30 heavy (non-hydrogen) atoms. The quantitative estimate of drug-likeness (QED) is 0.281. The number of carbonyl (C=O) groups is 1. The van der Waals surface area contributed by atoms with Gasteiger partial charge < -0.3 is 16.0 Å². The fourth-order valence-corrected chi connectivity index (χ4v) is 3.41. The highest BCUT2D eigenvalue weighted by atomic mass is 127. The van der Waals surface area contributed by atoms with Crippen LogP contribution in [0.15, 0.2) is 23.2 Å². The maximum atomic E-state index is 12.2. The number of nitrogens with zero attached hydrogens (tertiary/aromatic N) is 3. The van der Waals surface area contributed by atoms with Gasteiger partial charge in [-0.25, -0.2) is 0 Å². The normalized spacial score (nSPS) is 12.2. The molecule has 0 saturated heterocycles. The van der Waals surface area contributed by atoms with Crippen LogP contribution in [0.5, 0.6) is 0 Å². The highest BCUT2D eigenvalue weighted by Crippen LogP contribution is 2.22. The Hall–Kier alpha value is -1.81. The summed E-state index contributed by atoms with van der Waals surface area (Å²) in [6.07, 6.45) is 1.15. The highest BCUT2D eigenvalue weighted by molar-refractivity contribution is 14.0. The molecular formula is C21H32ClIN6O. The van der Waals surface area contributed by atoms with Crippen LogP contribution in [0, 0.1) is 20.8 Å². The summed E-state index contributed by atoms with van der Waals surface area (Å²) in [5.74, 6) is 0.561. The van der Waals surface area contributed by atoms with E-state index in [-0.39, 0.29) is 35.9 Å². The molecule has 1 atom stereocenters. The zero-order chi connectivity index (χ0) is 21.6. The van der Waals surface area contributed by atoms with Crippen LogP contribution in [0.1, 0.15) is 35.9 Å². The molecule has 0 aliphatic carbocycles. The number of nitrogens with one attached hydrogen (secondary N) is 3. The Labute approximate surface area is 201 Å². The number of hydrogen-bond donors (Lipinski definition) is 3. The topological polar surface area (TPSA) is 83.3 Å². The molecule has 0 bridgehead atoms. The van der Waals surface area contributed by atoms with Crippen LogP contribution >= 0.6 is 35.6 Å². The smallest absolute Gasteiger partial charge is 0.226 e. The lowest BCUT2D eigenvalue weighted by Gasteiger charge is -2.18. The van der Waals surface area contributed by atoms with E-state index < -0.39 is 0 Å². The molecule has 1 amide bonds. The second-order valence-electron chi connectivity index (χ2n) is 7.30. The Bertz CT molecular complexity index is 896. The number of carbonyl (C=O) groups excluding carboxylic acids is 1. The monoisotopic (exact) mass is 546 g/mol. The summed E-state index contributed by atoms with van der Waals surface area (Å²) in [5, 5.41) is 14.4. The molecule has 0 saturated carbocycles. The molecule has 7 nitrogen and oxygen atoms in total. The van der Waals surface area contributed by atoms with Crippen molar-refractivity contribution in [3.8, 4) is 0 Å². The van der Waals surface area contributed by atoms with Gasteiger partial charge in [0.1, 0.15) is 0 Å². The summed E-state index contributed by atoms with van der Waals surface area (Å²) >= 11 is 6.16. The van der Waals surface area contributed by atoms with E-state index in [1.54, 1.807) is 7.05 Å². The third kappa shape index (κ3) is 7.46. The lowest BCUT2D eigenvalue weighted by atomic mass is 10.1. The molecule has 2 aromatic rings. The van der Waals surface area contributed by atoms with Crippen molar-refractivity contribution in [3.63, 3.8) is 0 Å². The molecule has 2 rings (SSSR count). The first-order valence-corrected chi connectivity index (χ1v) is 10.1. The van der Waals surface area contributed by atoms with E-state index in [1.807, 2.05) is 43.8 Å². The Morgan fingerprint density at radius 3 is 2.57 bits per heavy atom.